The topological polar surface area (TPSA) is 617 Å². The molecule has 34 nitrogen and oxygen atoms in total. The van der Waals surface area contributed by atoms with Crippen LogP contribution in [0.15, 0.2) is 218 Å². The summed E-state index contributed by atoms with van der Waals surface area (Å²) >= 11 is 0. The van der Waals surface area contributed by atoms with Crippen LogP contribution in [0.25, 0.3) is 0 Å². The number of hydrogen-bond acceptors (Lipinski definition) is 16. The van der Waals surface area contributed by atoms with Gasteiger partial charge in [-0.1, -0.05) is 357 Å². The molecular formula is C103H142F4O34P6. The summed E-state index contributed by atoms with van der Waals surface area (Å²) in [6.07, 6.45) is -2.07. The number of benzene rings is 9. The van der Waals surface area contributed by atoms with E-state index in [1.165, 1.54) is 48.5 Å². The molecule has 0 spiro atoms. The first-order chi connectivity index (χ1) is 65.8. The van der Waals surface area contributed by atoms with E-state index in [1.54, 1.807) is 146 Å². The number of carbonyl (C=O) groups is 6. The van der Waals surface area contributed by atoms with Gasteiger partial charge in [0.1, 0.15) is 17.2 Å². The summed E-state index contributed by atoms with van der Waals surface area (Å²) in [5.74, 6) is -19.2. The Kier molecular flexibility index (Phi) is 48.6. The van der Waals surface area contributed by atoms with Gasteiger partial charge in [-0.15, -0.1) is 0 Å². The number of halogens is 4. The third-order valence-corrected chi connectivity index (χ3v) is 26.0. The highest BCUT2D eigenvalue weighted by atomic mass is 31.2. The molecule has 19 N–H and O–H groups in total. The molecule has 0 saturated carbocycles. The number of phosphoric acid groups is 1. The Labute approximate surface area is 855 Å². The van der Waals surface area contributed by atoms with E-state index in [4.69, 9.17) is 94.1 Å². The number of aliphatic carboxylic acids is 6. The number of aliphatic hydroxyl groups is 1. The monoisotopic (exact) mass is 2180 g/mol. The van der Waals surface area contributed by atoms with Crippen molar-refractivity contribution in [3.8, 4) is 17.2 Å². The Hall–Kier alpha value is -10.2. The van der Waals surface area contributed by atoms with Crippen molar-refractivity contribution in [1.82, 2.24) is 0 Å². The summed E-state index contributed by atoms with van der Waals surface area (Å²) < 4.78 is 132. The number of aliphatic hydroxyl groups excluding tert-OH is 1. The van der Waals surface area contributed by atoms with E-state index in [2.05, 4.69) is 71.6 Å². The highest BCUT2D eigenvalue weighted by Crippen LogP contribution is 2.60. The molecule has 816 valence electrons. The molecule has 0 aliphatic heterocycles. The fraction of sp³-hybridized carbons (Fsp3) is 0.417. The van der Waals surface area contributed by atoms with Crippen LogP contribution in [0.3, 0.4) is 0 Å². The normalized spacial score (nSPS) is 12.9. The molecule has 0 amide bonds. The number of alkyl halides is 4. The van der Waals surface area contributed by atoms with Crippen molar-refractivity contribution in [2.24, 2.45) is 0 Å². The van der Waals surface area contributed by atoms with Gasteiger partial charge < -0.3 is 98.7 Å². The first kappa shape index (κ1) is 135. The van der Waals surface area contributed by atoms with Crippen LogP contribution in [-0.2, 0) is 117 Å². The Morgan fingerprint density at radius 3 is 0.769 bits per heavy atom. The minimum atomic E-state index is -5.48. The molecule has 0 bridgehead atoms. The minimum absolute atomic E-state index is 0.00737. The number of ether oxygens (including phenoxy) is 2. The summed E-state index contributed by atoms with van der Waals surface area (Å²) in [6.45, 7) is 54.7. The maximum Gasteiger partial charge on any atom is 0.524 e. The van der Waals surface area contributed by atoms with Crippen LogP contribution < -0.4 is 19.3 Å². The van der Waals surface area contributed by atoms with Crippen LogP contribution in [-0.4, -0.2) is 142 Å². The summed E-state index contributed by atoms with van der Waals surface area (Å²) in [6, 6.07) is 57.8. The third kappa shape index (κ3) is 47.7. The van der Waals surface area contributed by atoms with Crippen molar-refractivity contribution in [2.75, 3.05) is 0 Å². The lowest BCUT2D eigenvalue weighted by molar-refractivity contribution is -0.191. The van der Waals surface area contributed by atoms with Crippen LogP contribution in [0, 0.1) is 0 Å². The van der Waals surface area contributed by atoms with E-state index in [-0.39, 0.29) is 94.1 Å². The van der Waals surface area contributed by atoms with E-state index in [0.29, 0.717) is 5.56 Å². The average molecular weight is 2190 g/mol. The zero-order valence-electron chi connectivity index (χ0n) is 87.1. The maximum atomic E-state index is 13.6. The zero-order chi connectivity index (χ0) is 115. The second-order valence-corrected chi connectivity index (χ2v) is 52.4. The van der Waals surface area contributed by atoms with Crippen LogP contribution in [0.1, 0.15) is 283 Å². The van der Waals surface area contributed by atoms with Crippen LogP contribution in [0.4, 0.5) is 17.6 Å². The van der Waals surface area contributed by atoms with Crippen molar-refractivity contribution in [3.63, 3.8) is 0 Å². The van der Waals surface area contributed by atoms with Gasteiger partial charge in [0.2, 0.25) is 5.91 Å². The smallest absolute Gasteiger partial charge is 0.480 e. The van der Waals surface area contributed by atoms with Gasteiger partial charge >= 0.3 is 93.1 Å². The summed E-state index contributed by atoms with van der Waals surface area (Å²) in [5.41, 5.74) is 5.21. The molecule has 0 aromatic heterocycles. The summed E-state index contributed by atoms with van der Waals surface area (Å²) in [4.78, 5) is 169. The Morgan fingerprint density at radius 1 is 0.299 bits per heavy atom. The molecule has 147 heavy (non-hydrogen) atoms. The van der Waals surface area contributed by atoms with Gasteiger partial charge in [0.15, 0.2) is 11.8 Å². The molecule has 44 heteroatoms. The number of phosphoric ester groups is 1. The molecule has 9 rings (SSSR count). The lowest BCUT2D eigenvalue weighted by Crippen LogP contribution is -2.47. The average Bonchev–Trinajstić information content (AvgIpc) is 0.780. The van der Waals surface area contributed by atoms with E-state index < -0.39 is 122 Å². The van der Waals surface area contributed by atoms with Crippen LogP contribution in [0.2, 0.25) is 0 Å². The Bertz CT molecular complexity index is 5870. The van der Waals surface area contributed by atoms with Crippen molar-refractivity contribution in [2.45, 2.75) is 277 Å². The first-order valence-electron chi connectivity index (χ1n) is 44.9. The fourth-order valence-electron chi connectivity index (χ4n) is 12.0. The highest BCUT2D eigenvalue weighted by molar-refractivity contribution is 7.60. The molecule has 2 atom stereocenters. The molecule has 0 aliphatic rings. The zero-order valence-corrected chi connectivity index (χ0v) is 92.5. The van der Waals surface area contributed by atoms with Crippen molar-refractivity contribution in [3.05, 3.63) is 296 Å². The van der Waals surface area contributed by atoms with Gasteiger partial charge in [0, 0.05) is 5.56 Å². The van der Waals surface area contributed by atoms with Gasteiger partial charge in [0.05, 0.1) is 11.5 Å². The lowest BCUT2D eigenvalue weighted by Gasteiger charge is -2.21. The predicted octanol–water partition coefficient (Wildman–Crippen LogP) is 21.7. The van der Waals surface area contributed by atoms with Gasteiger partial charge in [-0.2, -0.15) is 13.2 Å². The lowest BCUT2D eigenvalue weighted by atomic mass is 9.85. The Balaban J connectivity index is 0.000000828. The van der Waals surface area contributed by atoms with Crippen molar-refractivity contribution in [1.29, 1.82) is 0 Å². The molecular weight excluding hydrogens is 2040 g/mol. The van der Waals surface area contributed by atoms with E-state index in [0.717, 1.165) is 62.2 Å². The first-order valence-corrected chi connectivity index (χ1v) is 54.8. The highest BCUT2D eigenvalue weighted by Gasteiger charge is 2.52. The van der Waals surface area contributed by atoms with Crippen molar-refractivity contribution < 1.29 is 182 Å². The predicted molar refractivity (Wildman–Crippen MR) is 553 cm³/mol. The molecule has 2 unspecified atom stereocenters. The van der Waals surface area contributed by atoms with Crippen molar-refractivity contribution >= 4 is 86.9 Å². The van der Waals surface area contributed by atoms with E-state index >= 15 is 0 Å². The number of carboxylic acids is 6. The van der Waals surface area contributed by atoms with E-state index in [9.17, 15) is 78.8 Å². The Morgan fingerprint density at radius 2 is 0.537 bits per heavy atom. The molecule has 0 radical (unpaired) electrons. The molecule has 0 aliphatic carbocycles. The standard InChI is InChI=1S/C13H15FO5.C13H16O5.C13H16O4.C11H15F2O3P.C11H16FO3P.C11H17O4P.C11H17O3P.C10H15O4P.C10H15O3P/c1-12(2,3)8-4-6-9(7-5-8)19-13(14,10(15)16)11(17)18;1-13(2,3)8-4-6-9(7-5-8)18-10(11(14)15)12(16)17;1-13(2,3)9-6-4-8(5-7-9)10(11(14)15)12(16)17;1-10(2,3)8-4-6-9(7-5-8)11(12,13)17(14,15)16;2*1-11(2,3)9-6-4-8(5-7-9)10(12)16(13,14)15;1-11(2,3)10-6-4-9(5-7-10)8-15(12,13)14;1-10(2,3)8-4-6-9(7-5-8)14-15(11,12)13;1-10(2,3)8-4-6-9(7-5-8)14(11,12)13/h4-7H,1-3H3,(H,15,16)(H,17,18);4-7,10H,1-3H3,(H,14,15)(H,16,17);4-7,10H,1-3H3,(H,14,15)(H,16,17);4-7H,1-3H3,(H2,14,15,16);4-7,10H,1-3H3,(H2,13,14,15);4-7,10,12H,1-3H3,(H2,13,14,15);4-7H,8H2,1-3H3,(H2,12,13,14);4-7H,1-3H3,(H2,11,12,13);4-7H,1-3H3,(H2,11,12,13). The number of carboxylic acid groups (broad SMARTS) is 6. The number of rotatable bonds is 22. The molecule has 9 aromatic carbocycles. The second kappa shape index (κ2) is 53.0. The summed E-state index contributed by atoms with van der Waals surface area (Å²) in [5, 5.41) is 61.7. The quantitative estimate of drug-likeness (QED) is 0.0170. The largest absolute Gasteiger partial charge is 0.524 e. The van der Waals surface area contributed by atoms with Crippen LogP contribution in [0.5, 0.6) is 17.2 Å². The SMILES string of the molecule is CC(C)(C)c1ccc(C(C(=O)O)C(=O)O)cc1.CC(C)(C)c1ccc(C(F)(F)P(=O)(O)O)cc1.CC(C)(C)c1ccc(C(F)P(=O)(O)O)cc1.CC(C)(C)c1ccc(C(O)P(=O)(O)O)cc1.CC(C)(C)c1ccc(CP(=O)(O)O)cc1.CC(C)(C)c1ccc(OC(C(=O)O)C(=O)O)cc1.CC(C)(C)c1ccc(OC(F)(C(=O)O)C(=O)O)cc1.CC(C)(C)c1ccc(OP(=O)(O)O)cc1.CC(C)(C)c1ccc(P(=O)(O)O)cc1. The van der Waals surface area contributed by atoms with Crippen LogP contribution >= 0.6 is 45.8 Å². The third-order valence-electron chi connectivity index (χ3n) is 21.0. The molecule has 0 heterocycles. The van der Waals surface area contributed by atoms with Gasteiger partial charge in [0.25, 0.3) is 6.10 Å². The van der Waals surface area contributed by atoms with E-state index in [1.807, 2.05) is 137 Å². The van der Waals surface area contributed by atoms with Gasteiger partial charge in [-0.3, -0.25) is 42.2 Å². The molecule has 0 fully saturated rings. The summed E-state index contributed by atoms with van der Waals surface area (Å²) in [7, 11) is -27.1. The number of hydrogen-bond donors (Lipinski definition) is 19. The van der Waals surface area contributed by atoms with Gasteiger partial charge in [-0.25, -0.2) is 28.1 Å². The second-order valence-electron chi connectivity index (χ2n) is 43.0. The minimum Gasteiger partial charge on any atom is -0.480 e. The molecule has 9 aromatic rings. The molecule has 0 saturated heterocycles. The maximum absolute atomic E-state index is 13.6. The van der Waals surface area contributed by atoms with Gasteiger partial charge in [-0.05, 0) is 170 Å². The fourth-order valence-corrected chi connectivity index (χ4v) is 15.2.